The third-order valence-electron chi connectivity index (χ3n) is 11.6. The molecule has 0 bridgehead atoms. The van der Waals surface area contributed by atoms with Gasteiger partial charge in [0.05, 0.1) is 27.8 Å². The Labute approximate surface area is 364 Å². The average Bonchev–Trinajstić information content (AvgIpc) is 3.86. The van der Waals surface area contributed by atoms with Crippen LogP contribution in [-0.2, 0) is 0 Å². The second-order valence-corrected chi connectivity index (χ2v) is 15.4. The molecule has 0 fully saturated rings. The molecule has 2 N–H and O–H groups in total. The maximum Gasteiger partial charge on any atom is 0.164 e. The van der Waals surface area contributed by atoms with Gasteiger partial charge in [0.1, 0.15) is 0 Å². The number of pyridine rings is 1. The quantitative estimate of drug-likeness (QED) is 0.147. The highest BCUT2D eigenvalue weighted by atomic mass is 15.0. The number of fused-ring (bicyclic) bond motifs is 6. The first-order valence-electron chi connectivity index (χ1n) is 20.9. The summed E-state index contributed by atoms with van der Waals surface area (Å²) in [6.07, 6.45) is 9.05. The van der Waals surface area contributed by atoms with Crippen molar-refractivity contribution in [1.82, 2.24) is 29.1 Å². The molecule has 0 aliphatic rings. The lowest BCUT2D eigenvalue weighted by atomic mass is 10.0. The van der Waals surface area contributed by atoms with Crippen molar-refractivity contribution in [2.24, 2.45) is 5.73 Å². The minimum absolute atomic E-state index is 0.621. The zero-order chi connectivity index (χ0) is 42.3. The van der Waals surface area contributed by atoms with Crippen LogP contribution < -0.4 is 5.73 Å². The Kier molecular flexibility index (Phi) is 9.32. The molecule has 7 aromatic carbocycles. The molecule has 0 aliphatic carbocycles. The van der Waals surface area contributed by atoms with Gasteiger partial charge in [-0.05, 0) is 108 Å². The molecular formula is C56H39N7. The van der Waals surface area contributed by atoms with Crippen LogP contribution in [0.5, 0.6) is 0 Å². The molecule has 63 heavy (non-hydrogen) atoms. The zero-order valence-electron chi connectivity index (χ0n) is 34.2. The van der Waals surface area contributed by atoms with E-state index in [1.807, 2.05) is 91.1 Å². The highest BCUT2D eigenvalue weighted by Crippen LogP contribution is 2.39. The average molecular weight is 810 g/mol. The lowest BCUT2D eigenvalue weighted by Crippen LogP contribution is -2.00. The number of allylic oxidation sites excluding steroid dienone is 4. The Bertz CT molecular complexity index is 3510. The fourth-order valence-corrected chi connectivity index (χ4v) is 8.60. The van der Waals surface area contributed by atoms with Crippen molar-refractivity contribution in [3.05, 3.63) is 225 Å². The van der Waals surface area contributed by atoms with Gasteiger partial charge in [-0.1, -0.05) is 116 Å². The van der Waals surface area contributed by atoms with Crippen molar-refractivity contribution < 1.29 is 0 Å². The van der Waals surface area contributed by atoms with Crippen LogP contribution in [0.3, 0.4) is 0 Å². The molecule has 7 nitrogen and oxygen atoms in total. The number of hydrogen-bond donors (Lipinski definition) is 1. The first-order chi connectivity index (χ1) is 31.1. The highest BCUT2D eigenvalue weighted by Gasteiger charge is 2.19. The van der Waals surface area contributed by atoms with E-state index in [0.717, 1.165) is 88.7 Å². The number of nitrogens with two attached hydrogens (primary N) is 1. The Morgan fingerprint density at radius 3 is 1.63 bits per heavy atom. The Morgan fingerprint density at radius 1 is 0.444 bits per heavy atom. The normalized spacial score (nSPS) is 11.8. The third-order valence-corrected chi connectivity index (χ3v) is 11.6. The molecule has 11 rings (SSSR count). The van der Waals surface area contributed by atoms with Gasteiger partial charge in [-0.15, -0.1) is 0 Å². The molecule has 0 atom stereocenters. The van der Waals surface area contributed by atoms with E-state index in [2.05, 4.69) is 130 Å². The van der Waals surface area contributed by atoms with Crippen molar-refractivity contribution in [3.63, 3.8) is 0 Å². The van der Waals surface area contributed by atoms with Gasteiger partial charge >= 0.3 is 0 Å². The number of nitrogens with zero attached hydrogens (tertiary/aromatic N) is 6. The van der Waals surface area contributed by atoms with Crippen molar-refractivity contribution in [3.8, 4) is 56.8 Å². The predicted molar refractivity (Wildman–Crippen MR) is 260 cm³/mol. The monoisotopic (exact) mass is 809 g/mol. The maximum absolute atomic E-state index is 5.59. The topological polar surface area (TPSA) is 87.4 Å². The molecule has 0 saturated carbocycles. The van der Waals surface area contributed by atoms with Gasteiger partial charge in [0.2, 0.25) is 0 Å². The Balaban J connectivity index is 1.03. The van der Waals surface area contributed by atoms with Crippen LogP contribution in [0.1, 0.15) is 5.56 Å². The van der Waals surface area contributed by atoms with Crippen LogP contribution in [-0.4, -0.2) is 29.1 Å². The van der Waals surface area contributed by atoms with Gasteiger partial charge < -0.3 is 14.9 Å². The van der Waals surface area contributed by atoms with Gasteiger partial charge in [0.25, 0.3) is 0 Å². The fraction of sp³-hybridized carbons (Fsp3) is 0. The molecule has 4 heterocycles. The van der Waals surface area contributed by atoms with Crippen LogP contribution in [0.25, 0.3) is 106 Å². The second kappa shape index (κ2) is 15.7. The second-order valence-electron chi connectivity index (χ2n) is 15.4. The van der Waals surface area contributed by atoms with Crippen molar-refractivity contribution in [1.29, 1.82) is 0 Å². The van der Waals surface area contributed by atoms with E-state index in [1.54, 1.807) is 6.08 Å². The number of hydrogen-bond acceptors (Lipinski definition) is 5. The summed E-state index contributed by atoms with van der Waals surface area (Å²) < 4.78 is 4.71. The minimum Gasteiger partial charge on any atom is -0.405 e. The van der Waals surface area contributed by atoms with Crippen molar-refractivity contribution >= 4 is 49.2 Å². The predicted octanol–water partition coefficient (Wildman–Crippen LogP) is 13.2. The summed E-state index contributed by atoms with van der Waals surface area (Å²) in [6, 6.07) is 63.3. The van der Waals surface area contributed by atoms with E-state index < -0.39 is 0 Å². The highest BCUT2D eigenvalue weighted by molar-refractivity contribution is 6.13. The summed E-state index contributed by atoms with van der Waals surface area (Å²) in [5, 5.41) is 4.61. The van der Waals surface area contributed by atoms with Gasteiger partial charge in [-0.3, -0.25) is 4.98 Å². The van der Waals surface area contributed by atoms with E-state index >= 15 is 0 Å². The number of benzene rings is 7. The molecule has 0 saturated heterocycles. The van der Waals surface area contributed by atoms with Gasteiger partial charge in [0, 0.05) is 61.4 Å². The van der Waals surface area contributed by atoms with Crippen molar-refractivity contribution in [2.45, 2.75) is 0 Å². The molecule has 0 radical (unpaired) electrons. The smallest absolute Gasteiger partial charge is 0.164 e. The molecule has 0 aliphatic heterocycles. The number of aromatic nitrogens is 6. The molecule has 0 amide bonds. The van der Waals surface area contributed by atoms with Crippen LogP contribution in [0, 0.1) is 0 Å². The largest absolute Gasteiger partial charge is 0.405 e. The molecule has 11 aromatic rings. The standard InChI is InChI=1S/C56H39N7/c1-37(14-10-12-32-57)41-24-29-51-46(34-41)47-35-42(49-20-11-13-33-58-49)25-30-52(47)63(51)44-28-31-53-48(36-44)45-19-8-9-21-50(45)62(53)43-26-22-40(23-27-43)56-60-54(38-15-4-2-5-16-38)59-55(61-56)39-17-6-3-7-18-39/h2-36H,1,57H2/b14-10-,32-12-. The van der Waals surface area contributed by atoms with Crippen LogP contribution in [0.4, 0.5) is 0 Å². The summed E-state index contributed by atoms with van der Waals surface area (Å²) in [4.78, 5) is 19.5. The van der Waals surface area contributed by atoms with E-state index in [1.165, 1.54) is 11.6 Å². The molecule has 0 spiro atoms. The first-order valence-corrected chi connectivity index (χ1v) is 20.9. The summed E-state index contributed by atoms with van der Waals surface area (Å²) in [5.74, 6) is 1.89. The summed E-state index contributed by atoms with van der Waals surface area (Å²) >= 11 is 0. The number of rotatable bonds is 9. The van der Waals surface area contributed by atoms with Gasteiger partial charge in [0.15, 0.2) is 17.5 Å². The first kappa shape index (κ1) is 37.3. The van der Waals surface area contributed by atoms with Crippen LogP contribution >= 0.6 is 0 Å². The van der Waals surface area contributed by atoms with E-state index in [4.69, 9.17) is 20.7 Å². The SMILES string of the molecule is C=C(/C=C\C=C/N)c1ccc2c(c1)c1cc(-c3ccccn3)ccc1n2-c1ccc2c(c1)c1ccccc1n2-c1ccc(-c2nc(-c3ccccc3)nc(-c3ccccc3)n2)cc1. The van der Waals surface area contributed by atoms with E-state index in [-0.39, 0.29) is 0 Å². The molecule has 7 heteroatoms. The molecular weight excluding hydrogens is 771 g/mol. The van der Waals surface area contributed by atoms with Crippen LogP contribution in [0.15, 0.2) is 219 Å². The lowest BCUT2D eigenvalue weighted by molar-refractivity contribution is 1.07. The minimum atomic E-state index is 0.621. The van der Waals surface area contributed by atoms with Gasteiger partial charge in [-0.25, -0.2) is 15.0 Å². The zero-order valence-corrected chi connectivity index (χ0v) is 34.2. The Hall–Kier alpha value is -8.68. The maximum atomic E-state index is 5.59. The fourth-order valence-electron chi connectivity index (χ4n) is 8.60. The molecule has 4 aromatic heterocycles. The van der Waals surface area contributed by atoms with Crippen molar-refractivity contribution in [2.75, 3.05) is 0 Å². The summed E-state index contributed by atoms with van der Waals surface area (Å²) in [7, 11) is 0. The number of para-hydroxylation sites is 1. The van der Waals surface area contributed by atoms with Gasteiger partial charge in [-0.2, -0.15) is 0 Å². The lowest BCUT2D eigenvalue weighted by Gasteiger charge is -2.12. The molecule has 0 unspecified atom stereocenters. The Morgan fingerprint density at radius 2 is 0.968 bits per heavy atom. The van der Waals surface area contributed by atoms with Crippen LogP contribution in [0.2, 0.25) is 0 Å². The van der Waals surface area contributed by atoms with E-state index in [9.17, 15) is 0 Å². The summed E-state index contributed by atoms with van der Waals surface area (Å²) in [6.45, 7) is 4.36. The van der Waals surface area contributed by atoms with E-state index in [0.29, 0.717) is 17.5 Å². The third kappa shape index (κ3) is 6.74. The molecule has 298 valence electrons. The summed E-state index contributed by atoms with van der Waals surface area (Å²) in [5.41, 5.74) is 18.9.